The van der Waals surface area contributed by atoms with Gasteiger partial charge in [-0.15, -0.1) is 0 Å². The van der Waals surface area contributed by atoms with Crippen LogP contribution in [0.15, 0.2) is 42.6 Å². The lowest BCUT2D eigenvalue weighted by molar-refractivity contribution is 0.803. The van der Waals surface area contributed by atoms with Crippen LogP contribution < -0.4 is 10.6 Å². The van der Waals surface area contributed by atoms with Gasteiger partial charge in [-0.05, 0) is 30.2 Å². The van der Waals surface area contributed by atoms with E-state index in [0.29, 0.717) is 11.6 Å². The van der Waals surface area contributed by atoms with Gasteiger partial charge in [0.2, 0.25) is 0 Å². The molecule has 3 nitrogen and oxygen atoms in total. The minimum Gasteiger partial charge on any atom is -0.351 e. The topological polar surface area (TPSA) is 42.1 Å². The van der Waals surface area contributed by atoms with Gasteiger partial charge in [-0.3, -0.25) is 0 Å². The van der Waals surface area contributed by atoms with E-state index in [1.54, 1.807) is 6.20 Å². The Bertz CT molecular complexity index is 542. The summed E-state index contributed by atoms with van der Waals surface area (Å²) in [5.74, 6) is 0.818. The van der Waals surface area contributed by atoms with Crippen molar-refractivity contribution in [2.24, 2.45) is 5.73 Å². The summed E-state index contributed by atoms with van der Waals surface area (Å²) in [5.41, 5.74) is 8.15. The van der Waals surface area contributed by atoms with Gasteiger partial charge in [0.1, 0.15) is 5.82 Å². The number of nitrogens with two attached hydrogens (primary N) is 1. The van der Waals surface area contributed by atoms with Gasteiger partial charge in [-0.1, -0.05) is 35.9 Å². The molecule has 19 heavy (non-hydrogen) atoms. The van der Waals surface area contributed by atoms with Crippen molar-refractivity contribution < 1.29 is 0 Å². The van der Waals surface area contributed by atoms with Crippen molar-refractivity contribution in [3.8, 4) is 0 Å². The molecule has 0 radical (unpaired) electrons. The molecule has 0 saturated heterocycles. The summed E-state index contributed by atoms with van der Waals surface area (Å²) < 4.78 is 0. The molecule has 4 heteroatoms. The number of nitrogens with zero attached hydrogens (tertiary/aromatic N) is 2. The summed E-state index contributed by atoms with van der Waals surface area (Å²) in [7, 11) is 0. The van der Waals surface area contributed by atoms with Gasteiger partial charge in [-0.25, -0.2) is 4.98 Å². The molecule has 2 N–H and O–H groups in total. The number of halogens is 1. The van der Waals surface area contributed by atoms with E-state index in [0.717, 1.165) is 24.5 Å². The third-order valence-corrected chi connectivity index (χ3v) is 3.41. The fourth-order valence-electron chi connectivity index (χ4n) is 2.06. The van der Waals surface area contributed by atoms with Crippen molar-refractivity contribution in [3.05, 3.63) is 58.7 Å². The predicted octanol–water partition coefficient (Wildman–Crippen LogP) is 3.22. The summed E-state index contributed by atoms with van der Waals surface area (Å²) >= 11 is 6.21. The molecular formula is C15H18ClN3. The van der Waals surface area contributed by atoms with Gasteiger partial charge in [0.05, 0.1) is 5.02 Å². The van der Waals surface area contributed by atoms with Crippen molar-refractivity contribution in [2.45, 2.75) is 20.0 Å². The first-order chi connectivity index (χ1) is 9.26. The fraction of sp³-hybridized carbons (Fsp3) is 0.267. The second kappa shape index (κ2) is 6.55. The van der Waals surface area contributed by atoms with E-state index in [9.17, 15) is 0 Å². The highest BCUT2D eigenvalue weighted by atomic mass is 35.5. The number of pyridine rings is 1. The average Bonchev–Trinajstić information content (AvgIpc) is 2.46. The standard InChI is InChI=1S/C15H18ClN3/c1-2-19(15-14(16)8-5-9-18-15)11-13-7-4-3-6-12(13)10-17/h3-9H,2,10-11,17H2,1H3. The lowest BCUT2D eigenvalue weighted by Gasteiger charge is -2.24. The monoisotopic (exact) mass is 275 g/mol. The van der Waals surface area contributed by atoms with Crippen LogP contribution in [0.4, 0.5) is 5.82 Å². The molecule has 0 bridgehead atoms. The van der Waals surface area contributed by atoms with Crippen LogP contribution in [-0.2, 0) is 13.1 Å². The first kappa shape index (κ1) is 13.8. The van der Waals surface area contributed by atoms with E-state index in [4.69, 9.17) is 17.3 Å². The maximum absolute atomic E-state index is 6.21. The van der Waals surface area contributed by atoms with Crippen LogP contribution in [0.3, 0.4) is 0 Å². The molecule has 0 unspecified atom stereocenters. The average molecular weight is 276 g/mol. The van der Waals surface area contributed by atoms with E-state index < -0.39 is 0 Å². The molecule has 1 aromatic carbocycles. The Kier molecular flexibility index (Phi) is 4.77. The zero-order valence-corrected chi connectivity index (χ0v) is 11.8. The van der Waals surface area contributed by atoms with Crippen LogP contribution in [0.25, 0.3) is 0 Å². The van der Waals surface area contributed by atoms with Gasteiger partial charge in [-0.2, -0.15) is 0 Å². The molecule has 0 spiro atoms. The number of hydrogen-bond acceptors (Lipinski definition) is 3. The second-order valence-corrected chi connectivity index (χ2v) is 4.70. The van der Waals surface area contributed by atoms with E-state index >= 15 is 0 Å². The summed E-state index contributed by atoms with van der Waals surface area (Å²) in [6.07, 6.45) is 1.76. The van der Waals surface area contributed by atoms with Crippen molar-refractivity contribution in [3.63, 3.8) is 0 Å². The number of anilines is 1. The molecule has 2 rings (SSSR count). The lowest BCUT2D eigenvalue weighted by Crippen LogP contribution is -2.24. The van der Waals surface area contributed by atoms with Crippen LogP contribution in [0.1, 0.15) is 18.1 Å². The van der Waals surface area contributed by atoms with Crippen LogP contribution in [-0.4, -0.2) is 11.5 Å². The molecule has 0 aliphatic carbocycles. The molecule has 0 aliphatic heterocycles. The third-order valence-electron chi connectivity index (χ3n) is 3.12. The highest BCUT2D eigenvalue weighted by Crippen LogP contribution is 2.24. The Labute approximate surface area is 119 Å². The molecule has 1 aromatic heterocycles. The number of rotatable bonds is 5. The SMILES string of the molecule is CCN(Cc1ccccc1CN)c1ncccc1Cl. The van der Waals surface area contributed by atoms with Gasteiger partial charge in [0.25, 0.3) is 0 Å². The summed E-state index contributed by atoms with van der Waals surface area (Å²) in [5, 5.41) is 0.676. The number of hydrogen-bond donors (Lipinski definition) is 1. The Hall–Kier alpha value is -1.58. The molecule has 0 aliphatic rings. The predicted molar refractivity (Wildman–Crippen MR) is 80.3 cm³/mol. The maximum Gasteiger partial charge on any atom is 0.147 e. The maximum atomic E-state index is 6.21. The van der Waals surface area contributed by atoms with E-state index in [1.807, 2.05) is 24.3 Å². The quantitative estimate of drug-likeness (QED) is 0.911. The molecular weight excluding hydrogens is 258 g/mol. The highest BCUT2D eigenvalue weighted by Gasteiger charge is 2.11. The minimum absolute atomic E-state index is 0.545. The van der Waals surface area contributed by atoms with E-state index in [1.165, 1.54) is 5.56 Å². The smallest absolute Gasteiger partial charge is 0.147 e. The van der Waals surface area contributed by atoms with Crippen LogP contribution >= 0.6 is 11.6 Å². The zero-order chi connectivity index (χ0) is 13.7. The normalized spacial score (nSPS) is 10.5. The van der Waals surface area contributed by atoms with Crippen LogP contribution in [0, 0.1) is 0 Å². The highest BCUT2D eigenvalue weighted by molar-refractivity contribution is 6.32. The van der Waals surface area contributed by atoms with Crippen molar-refractivity contribution in [1.82, 2.24) is 4.98 Å². The molecule has 2 aromatic rings. The third kappa shape index (κ3) is 3.25. The molecule has 0 atom stereocenters. The molecule has 0 saturated carbocycles. The van der Waals surface area contributed by atoms with Crippen molar-refractivity contribution in [1.29, 1.82) is 0 Å². The summed E-state index contributed by atoms with van der Waals surface area (Å²) in [6, 6.07) is 11.9. The van der Waals surface area contributed by atoms with Gasteiger partial charge in [0, 0.05) is 25.8 Å². The molecule has 1 heterocycles. The lowest BCUT2D eigenvalue weighted by atomic mass is 10.1. The van der Waals surface area contributed by atoms with Gasteiger partial charge in [0.15, 0.2) is 0 Å². The molecule has 100 valence electrons. The van der Waals surface area contributed by atoms with Crippen LogP contribution in [0.2, 0.25) is 5.02 Å². The Morgan fingerprint density at radius 1 is 1.16 bits per heavy atom. The summed E-state index contributed by atoms with van der Waals surface area (Å²) in [4.78, 5) is 6.51. The Balaban J connectivity index is 2.27. The second-order valence-electron chi connectivity index (χ2n) is 4.30. The minimum atomic E-state index is 0.545. The zero-order valence-electron chi connectivity index (χ0n) is 11.0. The van der Waals surface area contributed by atoms with E-state index in [-0.39, 0.29) is 0 Å². The van der Waals surface area contributed by atoms with Crippen molar-refractivity contribution in [2.75, 3.05) is 11.4 Å². The fourth-order valence-corrected chi connectivity index (χ4v) is 2.30. The van der Waals surface area contributed by atoms with E-state index in [2.05, 4.69) is 28.9 Å². The van der Waals surface area contributed by atoms with Crippen molar-refractivity contribution >= 4 is 17.4 Å². The summed E-state index contributed by atoms with van der Waals surface area (Å²) in [6.45, 7) is 4.25. The Morgan fingerprint density at radius 2 is 1.89 bits per heavy atom. The molecule has 0 amide bonds. The Morgan fingerprint density at radius 3 is 2.53 bits per heavy atom. The van der Waals surface area contributed by atoms with Gasteiger partial charge >= 0.3 is 0 Å². The van der Waals surface area contributed by atoms with Gasteiger partial charge < -0.3 is 10.6 Å². The number of benzene rings is 1. The number of aromatic nitrogens is 1. The first-order valence-corrected chi connectivity index (χ1v) is 6.76. The van der Waals surface area contributed by atoms with Crippen LogP contribution in [0.5, 0.6) is 0 Å². The molecule has 0 fully saturated rings. The largest absolute Gasteiger partial charge is 0.351 e. The first-order valence-electron chi connectivity index (χ1n) is 6.38.